The number of fused-ring (bicyclic) bond motifs is 1. The lowest BCUT2D eigenvalue weighted by Crippen LogP contribution is -2.50. The quantitative estimate of drug-likeness (QED) is 0.745. The SMILES string of the molecule is Cc1nc(N2CCCCC2)ncc1C(=O)N[C@H]1C[C@H]2CNC[C@H]2C[C@@H]1OCC1CC1. The number of hydrogen-bond acceptors (Lipinski definition) is 6. The number of hydrogen-bond donors (Lipinski definition) is 2. The van der Waals surface area contributed by atoms with Gasteiger partial charge in [0.25, 0.3) is 5.91 Å². The Morgan fingerprint density at radius 2 is 1.97 bits per heavy atom. The summed E-state index contributed by atoms with van der Waals surface area (Å²) in [6, 6.07) is 0.0681. The maximum atomic E-state index is 13.1. The van der Waals surface area contributed by atoms with Gasteiger partial charge in [0.05, 0.1) is 23.4 Å². The Bertz CT molecular complexity index is 762. The summed E-state index contributed by atoms with van der Waals surface area (Å²) in [5.41, 5.74) is 1.35. The number of rotatable bonds is 6. The van der Waals surface area contributed by atoms with E-state index in [4.69, 9.17) is 4.74 Å². The number of aryl methyl sites for hydroxylation is 1. The van der Waals surface area contributed by atoms with Crippen LogP contribution < -0.4 is 15.5 Å². The fourth-order valence-corrected chi connectivity index (χ4v) is 5.33. The first-order chi connectivity index (χ1) is 14.7. The second-order valence-electron chi connectivity index (χ2n) is 9.76. The molecule has 164 valence electrons. The van der Waals surface area contributed by atoms with Crippen molar-refractivity contribution < 1.29 is 9.53 Å². The molecule has 4 fully saturated rings. The summed E-state index contributed by atoms with van der Waals surface area (Å²) in [5, 5.41) is 6.82. The second kappa shape index (κ2) is 8.79. The van der Waals surface area contributed by atoms with E-state index in [9.17, 15) is 4.79 Å². The summed E-state index contributed by atoms with van der Waals surface area (Å²) in [4.78, 5) is 24.6. The zero-order valence-corrected chi connectivity index (χ0v) is 18.1. The van der Waals surface area contributed by atoms with E-state index >= 15 is 0 Å². The van der Waals surface area contributed by atoms with Crippen molar-refractivity contribution in [1.29, 1.82) is 0 Å². The average molecular weight is 414 g/mol. The number of amides is 1. The second-order valence-corrected chi connectivity index (χ2v) is 9.76. The average Bonchev–Trinajstić information content (AvgIpc) is 3.49. The minimum absolute atomic E-state index is 0.0628. The zero-order valence-electron chi connectivity index (χ0n) is 18.1. The van der Waals surface area contributed by atoms with Crippen LogP contribution in [0.25, 0.3) is 0 Å². The molecule has 7 heteroatoms. The number of carbonyl (C=O) groups excluding carboxylic acids is 1. The minimum Gasteiger partial charge on any atom is -0.376 e. The van der Waals surface area contributed by atoms with E-state index in [1.165, 1.54) is 32.1 Å². The molecular formula is C23H35N5O2. The minimum atomic E-state index is -0.0628. The van der Waals surface area contributed by atoms with Crippen LogP contribution in [0, 0.1) is 24.7 Å². The van der Waals surface area contributed by atoms with Gasteiger partial charge >= 0.3 is 0 Å². The molecule has 0 radical (unpaired) electrons. The Morgan fingerprint density at radius 1 is 1.20 bits per heavy atom. The summed E-state index contributed by atoms with van der Waals surface area (Å²) in [6.45, 7) is 6.91. The Hall–Kier alpha value is -1.73. The fourth-order valence-electron chi connectivity index (χ4n) is 5.33. The molecule has 4 atom stereocenters. The summed E-state index contributed by atoms with van der Waals surface area (Å²) < 4.78 is 6.31. The Balaban J connectivity index is 1.26. The Morgan fingerprint density at radius 3 is 2.70 bits per heavy atom. The molecule has 1 aromatic heterocycles. The van der Waals surface area contributed by atoms with E-state index in [-0.39, 0.29) is 18.1 Å². The van der Waals surface area contributed by atoms with Gasteiger partial charge < -0.3 is 20.3 Å². The Labute approximate surface area is 179 Å². The van der Waals surface area contributed by atoms with Crippen LogP contribution in [0.3, 0.4) is 0 Å². The molecule has 2 saturated heterocycles. The smallest absolute Gasteiger partial charge is 0.255 e. The van der Waals surface area contributed by atoms with E-state index < -0.39 is 0 Å². The normalized spacial score (nSPS) is 31.4. The lowest BCUT2D eigenvalue weighted by molar-refractivity contribution is -0.0211. The molecular weight excluding hydrogens is 378 g/mol. The number of anilines is 1. The number of ether oxygens (including phenoxy) is 1. The molecule has 2 aliphatic heterocycles. The van der Waals surface area contributed by atoms with E-state index in [0.29, 0.717) is 17.4 Å². The van der Waals surface area contributed by atoms with E-state index in [0.717, 1.165) is 63.2 Å². The molecule has 0 unspecified atom stereocenters. The van der Waals surface area contributed by atoms with Gasteiger partial charge in [-0.25, -0.2) is 9.97 Å². The highest BCUT2D eigenvalue weighted by molar-refractivity contribution is 5.95. The van der Waals surface area contributed by atoms with Gasteiger partial charge in [-0.1, -0.05) is 0 Å². The van der Waals surface area contributed by atoms with Crippen LogP contribution in [-0.4, -0.2) is 60.8 Å². The highest BCUT2D eigenvalue weighted by Gasteiger charge is 2.41. The number of piperidine rings is 1. The van der Waals surface area contributed by atoms with E-state index in [1.54, 1.807) is 6.20 Å². The van der Waals surface area contributed by atoms with Crippen LogP contribution in [0.1, 0.15) is 61.0 Å². The number of nitrogens with one attached hydrogen (secondary N) is 2. The first kappa shape index (κ1) is 20.2. The zero-order chi connectivity index (χ0) is 20.5. The van der Waals surface area contributed by atoms with Gasteiger partial charge in [0.1, 0.15) is 0 Å². The van der Waals surface area contributed by atoms with Crippen molar-refractivity contribution in [2.24, 2.45) is 17.8 Å². The van der Waals surface area contributed by atoms with Crippen molar-refractivity contribution in [3.8, 4) is 0 Å². The third-order valence-electron chi connectivity index (χ3n) is 7.43. The summed E-state index contributed by atoms with van der Waals surface area (Å²) >= 11 is 0. The van der Waals surface area contributed by atoms with Crippen molar-refractivity contribution in [2.75, 3.05) is 37.7 Å². The molecule has 0 bridgehead atoms. The summed E-state index contributed by atoms with van der Waals surface area (Å²) in [7, 11) is 0. The molecule has 2 N–H and O–H groups in total. The van der Waals surface area contributed by atoms with Crippen molar-refractivity contribution in [2.45, 2.75) is 64.0 Å². The molecule has 5 rings (SSSR count). The predicted molar refractivity (Wildman–Crippen MR) is 116 cm³/mol. The molecule has 2 saturated carbocycles. The van der Waals surface area contributed by atoms with E-state index in [2.05, 4.69) is 25.5 Å². The summed E-state index contributed by atoms with van der Waals surface area (Å²) in [5.74, 6) is 2.74. The first-order valence-electron chi connectivity index (χ1n) is 11.9. The molecule has 2 aliphatic carbocycles. The van der Waals surface area contributed by atoms with Crippen molar-refractivity contribution in [1.82, 2.24) is 20.6 Å². The molecule has 7 nitrogen and oxygen atoms in total. The van der Waals surface area contributed by atoms with Gasteiger partial charge in [0, 0.05) is 25.9 Å². The number of aromatic nitrogens is 2. The van der Waals surface area contributed by atoms with Crippen molar-refractivity contribution in [3.63, 3.8) is 0 Å². The van der Waals surface area contributed by atoms with Gasteiger partial charge in [0.15, 0.2) is 0 Å². The molecule has 0 spiro atoms. The largest absolute Gasteiger partial charge is 0.376 e. The maximum Gasteiger partial charge on any atom is 0.255 e. The van der Waals surface area contributed by atoms with Gasteiger partial charge in [-0.2, -0.15) is 0 Å². The number of nitrogens with zero attached hydrogens (tertiary/aromatic N) is 3. The molecule has 1 aromatic rings. The molecule has 4 aliphatic rings. The van der Waals surface area contributed by atoms with Crippen LogP contribution in [0.5, 0.6) is 0 Å². The van der Waals surface area contributed by atoms with Gasteiger partial charge in [-0.15, -0.1) is 0 Å². The van der Waals surface area contributed by atoms with Gasteiger partial charge in [-0.3, -0.25) is 4.79 Å². The lowest BCUT2D eigenvalue weighted by Gasteiger charge is -2.38. The van der Waals surface area contributed by atoms with Crippen molar-refractivity contribution >= 4 is 11.9 Å². The Kier molecular flexibility index (Phi) is 5.92. The number of carbonyl (C=O) groups is 1. The van der Waals surface area contributed by atoms with E-state index in [1.807, 2.05) is 6.92 Å². The van der Waals surface area contributed by atoms with Crippen molar-refractivity contribution in [3.05, 3.63) is 17.5 Å². The molecule has 30 heavy (non-hydrogen) atoms. The lowest BCUT2D eigenvalue weighted by atomic mass is 9.77. The molecule has 0 aromatic carbocycles. The fraction of sp³-hybridized carbons (Fsp3) is 0.783. The van der Waals surface area contributed by atoms with Crippen LogP contribution in [0.15, 0.2) is 6.20 Å². The standard InChI is InChI=1S/C23H35N5O2/c1-15-19(13-25-23(26-15)28-7-3-2-4-8-28)22(29)27-20-9-17-11-24-12-18(17)10-21(20)30-14-16-5-6-16/h13,16-18,20-21,24H,2-12,14H2,1H3,(H,27,29)/t17-,18+,20-,21-/m0/s1. The third-order valence-corrected chi connectivity index (χ3v) is 7.43. The van der Waals surface area contributed by atoms with Crippen LogP contribution >= 0.6 is 0 Å². The predicted octanol–water partition coefficient (Wildman–Crippen LogP) is 2.30. The van der Waals surface area contributed by atoms with Crippen LogP contribution in [0.4, 0.5) is 5.95 Å². The van der Waals surface area contributed by atoms with Gasteiger partial charge in [-0.05, 0) is 82.7 Å². The molecule has 3 heterocycles. The third kappa shape index (κ3) is 4.47. The topological polar surface area (TPSA) is 79.4 Å². The molecule has 1 amide bonds. The highest BCUT2D eigenvalue weighted by atomic mass is 16.5. The summed E-state index contributed by atoms with van der Waals surface area (Å²) in [6.07, 6.45) is 10.1. The monoisotopic (exact) mass is 413 g/mol. The maximum absolute atomic E-state index is 13.1. The van der Waals surface area contributed by atoms with Crippen LogP contribution in [-0.2, 0) is 4.74 Å². The first-order valence-corrected chi connectivity index (χ1v) is 11.9. The van der Waals surface area contributed by atoms with Crippen LogP contribution in [0.2, 0.25) is 0 Å². The van der Waals surface area contributed by atoms with Gasteiger partial charge in [0.2, 0.25) is 5.95 Å². The highest BCUT2D eigenvalue weighted by Crippen LogP contribution is 2.36.